The maximum atomic E-state index is 12.2. The summed E-state index contributed by atoms with van der Waals surface area (Å²) >= 11 is 17.9. The molecule has 2 rings (SSSR count). The molecule has 1 aromatic carbocycles. The summed E-state index contributed by atoms with van der Waals surface area (Å²) in [6, 6.07) is 3.24. The van der Waals surface area contributed by atoms with E-state index in [1.54, 1.807) is 12.1 Å². The van der Waals surface area contributed by atoms with Gasteiger partial charge in [0.15, 0.2) is 5.78 Å². The Morgan fingerprint density at radius 2 is 1.74 bits per heavy atom. The average Bonchev–Trinajstić information content (AvgIpc) is 2.39. The summed E-state index contributed by atoms with van der Waals surface area (Å²) in [5.74, 6) is -0.0203. The van der Waals surface area contributed by atoms with Crippen LogP contribution in [0.3, 0.4) is 0 Å². The highest BCUT2D eigenvalue weighted by atomic mass is 35.5. The molecule has 0 aliphatic carbocycles. The number of likely N-dealkylation sites (N-methyl/N-ethyl adjacent to an activating group) is 1. The third-order valence-electron chi connectivity index (χ3n) is 3.30. The number of benzene rings is 1. The van der Waals surface area contributed by atoms with E-state index in [0.717, 1.165) is 26.2 Å². The Balaban J connectivity index is 2.06. The molecule has 19 heavy (non-hydrogen) atoms. The molecule has 1 aliphatic heterocycles. The number of hydrogen-bond donors (Lipinski definition) is 0. The van der Waals surface area contributed by atoms with Crippen molar-refractivity contribution in [1.82, 2.24) is 9.80 Å². The van der Waals surface area contributed by atoms with Crippen molar-refractivity contribution in [2.24, 2.45) is 0 Å². The van der Waals surface area contributed by atoms with Gasteiger partial charge in [-0.3, -0.25) is 9.69 Å². The molecule has 6 heteroatoms. The van der Waals surface area contributed by atoms with Crippen molar-refractivity contribution in [3.63, 3.8) is 0 Å². The van der Waals surface area contributed by atoms with Gasteiger partial charge in [-0.1, -0.05) is 34.8 Å². The first-order valence-corrected chi connectivity index (χ1v) is 7.20. The van der Waals surface area contributed by atoms with Gasteiger partial charge in [0.05, 0.1) is 21.6 Å². The lowest BCUT2D eigenvalue weighted by atomic mass is 10.1. The van der Waals surface area contributed by atoms with Crippen LogP contribution in [0.4, 0.5) is 0 Å². The van der Waals surface area contributed by atoms with Crippen LogP contribution in [0, 0.1) is 0 Å². The van der Waals surface area contributed by atoms with E-state index in [1.807, 2.05) is 0 Å². The molecule has 1 saturated heterocycles. The molecule has 1 aromatic rings. The fourth-order valence-corrected chi connectivity index (χ4v) is 2.68. The van der Waals surface area contributed by atoms with Gasteiger partial charge in [-0.05, 0) is 19.2 Å². The number of nitrogens with zero attached hydrogens (tertiary/aromatic N) is 2. The third kappa shape index (κ3) is 3.61. The second-order valence-corrected chi connectivity index (χ2v) is 5.89. The van der Waals surface area contributed by atoms with E-state index in [2.05, 4.69) is 16.8 Å². The van der Waals surface area contributed by atoms with E-state index in [9.17, 15) is 4.79 Å². The van der Waals surface area contributed by atoms with Crippen LogP contribution in [0.15, 0.2) is 12.1 Å². The molecule has 0 unspecified atom stereocenters. The molecule has 1 fully saturated rings. The van der Waals surface area contributed by atoms with Crippen LogP contribution in [0.25, 0.3) is 0 Å². The fraction of sp³-hybridized carbons (Fsp3) is 0.462. The Morgan fingerprint density at radius 1 is 1.11 bits per heavy atom. The molecule has 0 N–H and O–H groups in total. The van der Waals surface area contributed by atoms with E-state index in [1.165, 1.54) is 0 Å². The molecule has 0 amide bonds. The highest BCUT2D eigenvalue weighted by Gasteiger charge is 2.20. The summed E-state index contributed by atoms with van der Waals surface area (Å²) in [5.41, 5.74) is 0.440. The van der Waals surface area contributed by atoms with Gasteiger partial charge in [-0.25, -0.2) is 0 Å². The van der Waals surface area contributed by atoms with Crippen molar-refractivity contribution in [3.8, 4) is 0 Å². The van der Waals surface area contributed by atoms with E-state index >= 15 is 0 Å². The number of Topliss-reactive ketones (excluding diaryl/α,β-unsaturated/α-hetero) is 1. The van der Waals surface area contributed by atoms with Gasteiger partial charge in [0.25, 0.3) is 0 Å². The van der Waals surface area contributed by atoms with Crippen LogP contribution in [0.5, 0.6) is 0 Å². The Kier molecular flexibility index (Phi) is 5.09. The first-order chi connectivity index (χ1) is 8.99. The van der Waals surface area contributed by atoms with Gasteiger partial charge in [-0.15, -0.1) is 0 Å². The maximum Gasteiger partial charge on any atom is 0.178 e. The van der Waals surface area contributed by atoms with Gasteiger partial charge in [0.1, 0.15) is 0 Å². The minimum absolute atomic E-state index is 0.0203. The molecule has 0 saturated carbocycles. The second kappa shape index (κ2) is 6.42. The SMILES string of the molecule is CN1CCN(CC(=O)c2ccc(Cl)c(Cl)c2Cl)CC1. The molecule has 104 valence electrons. The molecule has 0 atom stereocenters. The van der Waals surface area contributed by atoms with E-state index in [4.69, 9.17) is 34.8 Å². The van der Waals surface area contributed by atoms with Crippen molar-refractivity contribution in [2.75, 3.05) is 39.8 Å². The van der Waals surface area contributed by atoms with Crippen molar-refractivity contribution in [2.45, 2.75) is 0 Å². The predicted octanol–water partition coefficient (Wildman–Crippen LogP) is 3.08. The first kappa shape index (κ1) is 15.1. The average molecular weight is 322 g/mol. The van der Waals surface area contributed by atoms with Crippen LogP contribution >= 0.6 is 34.8 Å². The number of ketones is 1. The van der Waals surface area contributed by atoms with E-state index in [0.29, 0.717) is 17.1 Å². The van der Waals surface area contributed by atoms with Crippen molar-refractivity contribution < 1.29 is 4.79 Å². The molecule has 0 radical (unpaired) electrons. The largest absolute Gasteiger partial charge is 0.304 e. The lowest BCUT2D eigenvalue weighted by Gasteiger charge is -2.31. The molecule has 1 heterocycles. The summed E-state index contributed by atoms with van der Waals surface area (Å²) < 4.78 is 0. The van der Waals surface area contributed by atoms with Gasteiger partial charge < -0.3 is 4.90 Å². The van der Waals surface area contributed by atoms with Crippen LogP contribution in [-0.2, 0) is 0 Å². The molecular weight excluding hydrogens is 307 g/mol. The summed E-state index contributed by atoms with van der Waals surface area (Å²) in [6.07, 6.45) is 0. The highest BCUT2D eigenvalue weighted by Crippen LogP contribution is 2.32. The first-order valence-electron chi connectivity index (χ1n) is 6.06. The normalized spacial score (nSPS) is 17.7. The van der Waals surface area contributed by atoms with Gasteiger partial charge >= 0.3 is 0 Å². The minimum Gasteiger partial charge on any atom is -0.304 e. The number of halogens is 3. The summed E-state index contributed by atoms with van der Waals surface area (Å²) in [5, 5.41) is 0.851. The fourth-order valence-electron chi connectivity index (χ4n) is 2.04. The molecule has 1 aliphatic rings. The van der Waals surface area contributed by atoms with Crippen LogP contribution < -0.4 is 0 Å². The summed E-state index contributed by atoms with van der Waals surface area (Å²) in [6.45, 7) is 4.10. The summed E-state index contributed by atoms with van der Waals surface area (Å²) in [4.78, 5) is 16.6. The van der Waals surface area contributed by atoms with Gasteiger partial charge in [-0.2, -0.15) is 0 Å². The lowest BCUT2D eigenvalue weighted by Crippen LogP contribution is -2.46. The molecule has 0 aromatic heterocycles. The van der Waals surface area contributed by atoms with E-state index in [-0.39, 0.29) is 15.8 Å². The predicted molar refractivity (Wildman–Crippen MR) is 79.7 cm³/mol. The number of rotatable bonds is 3. The zero-order chi connectivity index (χ0) is 14.0. The topological polar surface area (TPSA) is 23.6 Å². The summed E-state index contributed by atoms with van der Waals surface area (Å²) in [7, 11) is 2.08. The van der Waals surface area contributed by atoms with Crippen molar-refractivity contribution in [3.05, 3.63) is 32.8 Å². The maximum absolute atomic E-state index is 12.2. The van der Waals surface area contributed by atoms with E-state index < -0.39 is 0 Å². The second-order valence-electron chi connectivity index (χ2n) is 4.73. The zero-order valence-electron chi connectivity index (χ0n) is 10.6. The monoisotopic (exact) mass is 320 g/mol. The standard InChI is InChI=1S/C13H15Cl3N2O/c1-17-4-6-18(7-5-17)8-11(19)9-2-3-10(14)13(16)12(9)15/h2-3H,4-8H2,1H3. The molecule has 0 bridgehead atoms. The number of piperazine rings is 1. The highest BCUT2D eigenvalue weighted by molar-refractivity contribution is 6.49. The zero-order valence-corrected chi connectivity index (χ0v) is 12.9. The molecule has 0 spiro atoms. The Bertz CT molecular complexity index is 485. The Hall–Kier alpha value is -0.320. The smallest absolute Gasteiger partial charge is 0.178 e. The molecule has 3 nitrogen and oxygen atoms in total. The number of carbonyl (C=O) groups excluding carboxylic acids is 1. The van der Waals surface area contributed by atoms with Crippen LogP contribution in [-0.4, -0.2) is 55.4 Å². The Labute approximate surface area is 128 Å². The van der Waals surface area contributed by atoms with Crippen molar-refractivity contribution in [1.29, 1.82) is 0 Å². The molecular formula is C13H15Cl3N2O. The number of carbonyl (C=O) groups is 1. The quantitative estimate of drug-likeness (QED) is 0.631. The minimum atomic E-state index is -0.0203. The van der Waals surface area contributed by atoms with Gasteiger partial charge in [0.2, 0.25) is 0 Å². The lowest BCUT2D eigenvalue weighted by molar-refractivity contribution is 0.0876. The Morgan fingerprint density at radius 3 is 2.37 bits per heavy atom. The van der Waals surface area contributed by atoms with Gasteiger partial charge in [0, 0.05) is 31.7 Å². The van der Waals surface area contributed by atoms with Crippen LogP contribution in [0.1, 0.15) is 10.4 Å². The third-order valence-corrected chi connectivity index (χ3v) is 4.59. The van der Waals surface area contributed by atoms with Crippen LogP contribution in [0.2, 0.25) is 15.1 Å². The van der Waals surface area contributed by atoms with Crippen molar-refractivity contribution >= 4 is 40.6 Å². The number of hydrogen-bond acceptors (Lipinski definition) is 3.